The molecule has 0 unspecified atom stereocenters. The van der Waals surface area contributed by atoms with Gasteiger partial charge in [0.05, 0.1) is 10.6 Å². The molecular weight excluding hydrogens is 462 g/mol. The van der Waals surface area contributed by atoms with Crippen LogP contribution in [0.25, 0.3) is 6.08 Å². The summed E-state index contributed by atoms with van der Waals surface area (Å²) in [5.41, 5.74) is 1.87. The van der Waals surface area contributed by atoms with E-state index in [4.69, 9.17) is 21.4 Å². The molecule has 3 rings (SSSR count). The summed E-state index contributed by atoms with van der Waals surface area (Å²) in [5.74, 6) is -0.712. The van der Waals surface area contributed by atoms with E-state index in [0.29, 0.717) is 22.0 Å². The number of nitrogens with zero attached hydrogens (tertiary/aromatic N) is 1. The van der Waals surface area contributed by atoms with Crippen LogP contribution in [0.5, 0.6) is 5.75 Å². The van der Waals surface area contributed by atoms with E-state index in [1.165, 1.54) is 10.4 Å². The molecular formula is C25H24ClNO5S. The van der Waals surface area contributed by atoms with Crippen molar-refractivity contribution in [3.05, 3.63) is 95.0 Å². The summed E-state index contributed by atoms with van der Waals surface area (Å²) in [7, 11) is -3.85. The van der Waals surface area contributed by atoms with E-state index in [1.807, 2.05) is 6.07 Å². The standard InChI is InChI=1S/C25H24ClNO5S/c1-18(2)27(33(30,31)22-9-4-3-5-10-22)23-13-12-21(26)16-24(23)32-17-20-8-6-7-19(15-20)11-14-25(28)29/h3-16,18H,17H2,1-2H3,(H,28,29). The summed E-state index contributed by atoms with van der Waals surface area (Å²) >= 11 is 6.20. The number of carbonyl (C=O) groups is 1. The monoisotopic (exact) mass is 485 g/mol. The minimum atomic E-state index is -3.85. The molecule has 0 fully saturated rings. The van der Waals surface area contributed by atoms with Crippen LogP contribution in [-0.2, 0) is 21.4 Å². The third-order valence-corrected chi connectivity index (χ3v) is 6.93. The van der Waals surface area contributed by atoms with Gasteiger partial charge in [0.2, 0.25) is 0 Å². The van der Waals surface area contributed by atoms with Crippen molar-refractivity contribution in [2.24, 2.45) is 0 Å². The second-order valence-electron chi connectivity index (χ2n) is 7.52. The molecule has 0 saturated heterocycles. The maximum Gasteiger partial charge on any atom is 0.328 e. The number of rotatable bonds is 9. The summed E-state index contributed by atoms with van der Waals surface area (Å²) in [6, 6.07) is 19.9. The minimum Gasteiger partial charge on any atom is -0.487 e. The summed E-state index contributed by atoms with van der Waals surface area (Å²) in [5, 5.41) is 9.23. The highest BCUT2D eigenvalue weighted by Crippen LogP contribution is 2.36. The zero-order chi connectivity index (χ0) is 24.0. The van der Waals surface area contributed by atoms with Crippen molar-refractivity contribution >= 4 is 39.4 Å². The first-order valence-electron chi connectivity index (χ1n) is 10.2. The fourth-order valence-electron chi connectivity index (χ4n) is 3.29. The lowest BCUT2D eigenvalue weighted by atomic mass is 10.1. The molecule has 0 atom stereocenters. The second-order valence-corrected chi connectivity index (χ2v) is 9.78. The van der Waals surface area contributed by atoms with Crippen LogP contribution < -0.4 is 9.04 Å². The van der Waals surface area contributed by atoms with Crippen LogP contribution >= 0.6 is 11.6 Å². The van der Waals surface area contributed by atoms with E-state index in [-0.39, 0.29) is 17.5 Å². The molecule has 0 spiro atoms. The van der Waals surface area contributed by atoms with Gasteiger partial charge in [0.15, 0.2) is 0 Å². The van der Waals surface area contributed by atoms with Crippen molar-refractivity contribution in [1.29, 1.82) is 0 Å². The molecule has 0 heterocycles. The van der Waals surface area contributed by atoms with Crippen LogP contribution in [0, 0.1) is 0 Å². The Labute approximate surface area is 198 Å². The molecule has 172 valence electrons. The van der Waals surface area contributed by atoms with Gasteiger partial charge in [-0.15, -0.1) is 0 Å². The number of hydrogen-bond donors (Lipinski definition) is 1. The Morgan fingerprint density at radius 1 is 1.06 bits per heavy atom. The van der Waals surface area contributed by atoms with Crippen molar-refractivity contribution in [3.8, 4) is 5.75 Å². The lowest BCUT2D eigenvalue weighted by Crippen LogP contribution is -2.37. The maximum atomic E-state index is 13.4. The number of anilines is 1. The van der Waals surface area contributed by atoms with Gasteiger partial charge in [-0.1, -0.05) is 48.0 Å². The number of aliphatic carboxylic acids is 1. The van der Waals surface area contributed by atoms with Gasteiger partial charge in [0.1, 0.15) is 12.4 Å². The number of carboxylic acids is 1. The Bertz CT molecular complexity index is 1260. The molecule has 0 amide bonds. The largest absolute Gasteiger partial charge is 0.487 e. The van der Waals surface area contributed by atoms with Crippen molar-refractivity contribution in [2.45, 2.75) is 31.4 Å². The molecule has 3 aromatic carbocycles. The average Bonchev–Trinajstić information content (AvgIpc) is 2.78. The first-order chi connectivity index (χ1) is 15.7. The van der Waals surface area contributed by atoms with Crippen LogP contribution in [-0.4, -0.2) is 25.5 Å². The molecule has 0 radical (unpaired) electrons. The summed E-state index contributed by atoms with van der Waals surface area (Å²) in [6.07, 6.45) is 2.55. The Kier molecular flexibility index (Phi) is 7.79. The van der Waals surface area contributed by atoms with Crippen LogP contribution in [0.2, 0.25) is 5.02 Å². The number of sulfonamides is 1. The predicted octanol–water partition coefficient (Wildman–Crippen LogP) is 5.62. The molecule has 0 aliphatic heterocycles. The zero-order valence-corrected chi connectivity index (χ0v) is 19.8. The molecule has 8 heteroatoms. The fourth-order valence-corrected chi connectivity index (χ4v) is 5.15. The molecule has 1 N–H and O–H groups in total. The fraction of sp³-hybridized carbons (Fsp3) is 0.160. The molecule has 0 saturated carbocycles. The number of hydrogen-bond acceptors (Lipinski definition) is 4. The van der Waals surface area contributed by atoms with E-state index < -0.39 is 16.0 Å². The molecule has 0 aliphatic carbocycles. The van der Waals surface area contributed by atoms with Crippen LogP contribution in [0.4, 0.5) is 5.69 Å². The van der Waals surface area contributed by atoms with Crippen LogP contribution in [0.1, 0.15) is 25.0 Å². The minimum absolute atomic E-state index is 0.138. The van der Waals surface area contributed by atoms with E-state index >= 15 is 0 Å². The van der Waals surface area contributed by atoms with Gasteiger partial charge < -0.3 is 9.84 Å². The van der Waals surface area contributed by atoms with Gasteiger partial charge in [0.25, 0.3) is 10.0 Å². The van der Waals surface area contributed by atoms with Crippen molar-refractivity contribution in [1.82, 2.24) is 0 Å². The van der Waals surface area contributed by atoms with E-state index in [9.17, 15) is 13.2 Å². The van der Waals surface area contributed by atoms with Gasteiger partial charge in [-0.05, 0) is 61.4 Å². The smallest absolute Gasteiger partial charge is 0.328 e. The lowest BCUT2D eigenvalue weighted by molar-refractivity contribution is -0.131. The van der Waals surface area contributed by atoms with Gasteiger partial charge in [0, 0.05) is 23.2 Å². The highest BCUT2D eigenvalue weighted by atomic mass is 35.5. The van der Waals surface area contributed by atoms with Crippen molar-refractivity contribution < 1.29 is 23.1 Å². The Balaban J connectivity index is 1.95. The molecule has 6 nitrogen and oxygen atoms in total. The van der Waals surface area contributed by atoms with E-state index in [2.05, 4.69) is 0 Å². The van der Waals surface area contributed by atoms with Gasteiger partial charge >= 0.3 is 5.97 Å². The quantitative estimate of drug-likeness (QED) is 0.397. The Morgan fingerprint density at radius 3 is 2.45 bits per heavy atom. The average molecular weight is 486 g/mol. The molecule has 0 aromatic heterocycles. The highest BCUT2D eigenvalue weighted by molar-refractivity contribution is 7.92. The third kappa shape index (κ3) is 6.15. The molecule has 3 aromatic rings. The van der Waals surface area contributed by atoms with Crippen LogP contribution in [0.3, 0.4) is 0 Å². The van der Waals surface area contributed by atoms with E-state index in [0.717, 1.165) is 11.6 Å². The topological polar surface area (TPSA) is 83.9 Å². The van der Waals surface area contributed by atoms with Gasteiger partial charge in [-0.25, -0.2) is 13.2 Å². The number of halogens is 1. The zero-order valence-electron chi connectivity index (χ0n) is 18.2. The van der Waals surface area contributed by atoms with E-state index in [1.54, 1.807) is 80.6 Å². The van der Waals surface area contributed by atoms with Crippen LogP contribution in [0.15, 0.2) is 83.8 Å². The van der Waals surface area contributed by atoms with Gasteiger partial charge in [-0.3, -0.25) is 4.31 Å². The summed E-state index contributed by atoms with van der Waals surface area (Å²) < 4.78 is 34.2. The number of ether oxygens (including phenoxy) is 1. The Hall–Kier alpha value is -3.29. The second kappa shape index (κ2) is 10.6. The predicted molar refractivity (Wildman–Crippen MR) is 130 cm³/mol. The molecule has 0 bridgehead atoms. The third-order valence-electron chi connectivity index (χ3n) is 4.69. The summed E-state index contributed by atoms with van der Waals surface area (Å²) in [6.45, 7) is 3.72. The summed E-state index contributed by atoms with van der Waals surface area (Å²) in [4.78, 5) is 10.9. The first-order valence-corrected chi connectivity index (χ1v) is 12.0. The van der Waals surface area contributed by atoms with Gasteiger partial charge in [-0.2, -0.15) is 0 Å². The first kappa shape index (κ1) is 24.4. The lowest BCUT2D eigenvalue weighted by Gasteiger charge is -2.30. The number of benzene rings is 3. The number of carboxylic acid groups (broad SMARTS) is 1. The molecule has 0 aliphatic rings. The maximum absolute atomic E-state index is 13.4. The normalized spacial score (nSPS) is 11.6. The van der Waals surface area contributed by atoms with Crippen molar-refractivity contribution in [2.75, 3.05) is 4.31 Å². The highest BCUT2D eigenvalue weighted by Gasteiger charge is 2.29. The van der Waals surface area contributed by atoms with Crippen molar-refractivity contribution in [3.63, 3.8) is 0 Å². The SMILES string of the molecule is CC(C)N(c1ccc(Cl)cc1OCc1cccc(C=CC(=O)O)c1)S(=O)(=O)c1ccccc1. The Morgan fingerprint density at radius 2 is 1.79 bits per heavy atom. The molecule has 33 heavy (non-hydrogen) atoms.